The molecule has 1 fully saturated rings. The van der Waals surface area contributed by atoms with Gasteiger partial charge in [-0.05, 0) is 37.5 Å². The fraction of sp³-hybridized carbons (Fsp3) is 0.929. The second kappa shape index (κ2) is 7.10. The summed E-state index contributed by atoms with van der Waals surface area (Å²) in [6.07, 6.45) is 3.90. The largest absolute Gasteiger partial charge is 0.469 e. The van der Waals surface area contributed by atoms with Gasteiger partial charge in [-0.1, -0.05) is 13.8 Å². The van der Waals surface area contributed by atoms with Crippen molar-refractivity contribution in [2.75, 3.05) is 26.9 Å². The Morgan fingerprint density at radius 3 is 2.50 bits per heavy atom. The smallest absolute Gasteiger partial charge is 0.313 e. The summed E-state index contributed by atoms with van der Waals surface area (Å²) in [4.78, 5) is 12.0. The van der Waals surface area contributed by atoms with Crippen molar-refractivity contribution >= 4 is 5.97 Å². The van der Waals surface area contributed by atoms with Gasteiger partial charge in [-0.15, -0.1) is 0 Å². The van der Waals surface area contributed by atoms with Crippen LogP contribution in [0, 0.1) is 17.3 Å². The SMILES string of the molecule is COC(=O)C(CN)(CCOCCC(C)C)C1CC1. The molecule has 1 aliphatic rings. The first kappa shape index (κ1) is 15.4. The first-order chi connectivity index (χ1) is 8.56. The van der Waals surface area contributed by atoms with Gasteiger partial charge in [-0.2, -0.15) is 0 Å². The minimum absolute atomic E-state index is 0.167. The van der Waals surface area contributed by atoms with Crippen LogP contribution in [0.5, 0.6) is 0 Å². The van der Waals surface area contributed by atoms with Gasteiger partial charge >= 0.3 is 5.97 Å². The van der Waals surface area contributed by atoms with Gasteiger partial charge in [0, 0.05) is 19.8 Å². The molecule has 1 rings (SSSR count). The molecule has 1 atom stereocenters. The summed E-state index contributed by atoms with van der Waals surface area (Å²) in [5, 5.41) is 0. The number of ether oxygens (including phenoxy) is 2. The van der Waals surface area contributed by atoms with Crippen LogP contribution in [0.15, 0.2) is 0 Å². The standard InChI is InChI=1S/C14H27NO3/c1-11(2)6-8-18-9-7-14(10-15,12-4-5-12)13(16)17-3/h11-12H,4-10,15H2,1-3H3. The van der Waals surface area contributed by atoms with Crippen LogP contribution in [-0.2, 0) is 14.3 Å². The monoisotopic (exact) mass is 257 g/mol. The molecule has 1 unspecified atom stereocenters. The van der Waals surface area contributed by atoms with Crippen LogP contribution in [0.4, 0.5) is 0 Å². The first-order valence-corrected chi connectivity index (χ1v) is 6.93. The highest BCUT2D eigenvalue weighted by molar-refractivity contribution is 5.78. The van der Waals surface area contributed by atoms with E-state index in [0.29, 0.717) is 31.4 Å². The molecule has 0 bridgehead atoms. The van der Waals surface area contributed by atoms with E-state index in [9.17, 15) is 4.79 Å². The molecule has 1 saturated carbocycles. The summed E-state index contributed by atoms with van der Waals surface area (Å²) in [6.45, 7) is 6.05. The van der Waals surface area contributed by atoms with Gasteiger partial charge in [0.05, 0.1) is 12.5 Å². The number of hydrogen-bond donors (Lipinski definition) is 1. The van der Waals surface area contributed by atoms with Crippen LogP contribution >= 0.6 is 0 Å². The molecule has 18 heavy (non-hydrogen) atoms. The highest BCUT2D eigenvalue weighted by Gasteiger charge is 2.50. The topological polar surface area (TPSA) is 61.5 Å². The van der Waals surface area contributed by atoms with E-state index in [-0.39, 0.29) is 5.97 Å². The van der Waals surface area contributed by atoms with Crippen molar-refractivity contribution in [2.45, 2.75) is 39.5 Å². The molecule has 106 valence electrons. The molecular weight excluding hydrogens is 230 g/mol. The molecule has 0 radical (unpaired) electrons. The van der Waals surface area contributed by atoms with Crippen molar-refractivity contribution in [1.29, 1.82) is 0 Å². The van der Waals surface area contributed by atoms with Crippen LogP contribution in [0.2, 0.25) is 0 Å². The average Bonchev–Trinajstić information content (AvgIpc) is 3.17. The van der Waals surface area contributed by atoms with Crippen LogP contribution in [0.25, 0.3) is 0 Å². The Morgan fingerprint density at radius 1 is 1.39 bits per heavy atom. The molecule has 0 amide bonds. The molecule has 0 heterocycles. The molecule has 4 nitrogen and oxygen atoms in total. The van der Waals surface area contributed by atoms with Gasteiger partial charge in [0.1, 0.15) is 0 Å². The Hall–Kier alpha value is -0.610. The van der Waals surface area contributed by atoms with E-state index in [0.717, 1.165) is 25.9 Å². The number of rotatable bonds is 9. The van der Waals surface area contributed by atoms with Crippen molar-refractivity contribution in [3.8, 4) is 0 Å². The van der Waals surface area contributed by atoms with Gasteiger partial charge < -0.3 is 15.2 Å². The van der Waals surface area contributed by atoms with Gasteiger partial charge in [-0.3, -0.25) is 4.79 Å². The zero-order chi connectivity index (χ0) is 13.6. The summed E-state index contributed by atoms with van der Waals surface area (Å²) in [5.74, 6) is 0.872. The lowest BCUT2D eigenvalue weighted by Crippen LogP contribution is -2.42. The lowest BCUT2D eigenvalue weighted by Gasteiger charge is -2.29. The predicted octanol–water partition coefficient (Wildman–Crippen LogP) is 1.97. The fourth-order valence-electron chi connectivity index (χ4n) is 2.34. The van der Waals surface area contributed by atoms with E-state index in [2.05, 4.69) is 13.8 Å². The minimum atomic E-state index is -0.507. The highest BCUT2D eigenvalue weighted by atomic mass is 16.5. The van der Waals surface area contributed by atoms with Crippen molar-refractivity contribution in [2.24, 2.45) is 23.0 Å². The molecule has 0 aromatic rings. The van der Waals surface area contributed by atoms with E-state index in [1.54, 1.807) is 0 Å². The third kappa shape index (κ3) is 3.95. The van der Waals surface area contributed by atoms with Gasteiger partial charge in [0.15, 0.2) is 0 Å². The Kier molecular flexibility index (Phi) is 6.09. The van der Waals surface area contributed by atoms with Crippen molar-refractivity contribution in [3.05, 3.63) is 0 Å². The third-order valence-corrected chi connectivity index (χ3v) is 3.85. The van der Waals surface area contributed by atoms with E-state index in [4.69, 9.17) is 15.2 Å². The Morgan fingerprint density at radius 2 is 2.06 bits per heavy atom. The van der Waals surface area contributed by atoms with Crippen molar-refractivity contribution in [3.63, 3.8) is 0 Å². The molecule has 0 spiro atoms. The zero-order valence-corrected chi connectivity index (χ0v) is 11.9. The Labute approximate surface area is 110 Å². The number of nitrogens with two attached hydrogens (primary N) is 1. The highest BCUT2D eigenvalue weighted by Crippen LogP contribution is 2.48. The Balaban J connectivity index is 2.39. The summed E-state index contributed by atoms with van der Waals surface area (Å²) < 4.78 is 10.5. The van der Waals surface area contributed by atoms with E-state index >= 15 is 0 Å². The lowest BCUT2D eigenvalue weighted by atomic mass is 9.79. The summed E-state index contributed by atoms with van der Waals surface area (Å²) in [5.41, 5.74) is 5.32. The summed E-state index contributed by atoms with van der Waals surface area (Å²) >= 11 is 0. The lowest BCUT2D eigenvalue weighted by molar-refractivity contribution is -0.155. The maximum atomic E-state index is 12.0. The van der Waals surface area contributed by atoms with E-state index in [1.165, 1.54) is 7.11 Å². The van der Waals surface area contributed by atoms with Gasteiger partial charge in [0.25, 0.3) is 0 Å². The second-order valence-corrected chi connectivity index (χ2v) is 5.67. The van der Waals surface area contributed by atoms with Gasteiger partial charge in [0.2, 0.25) is 0 Å². The molecular formula is C14H27NO3. The number of carbonyl (C=O) groups excluding carboxylic acids is 1. The average molecular weight is 257 g/mol. The van der Waals surface area contributed by atoms with Crippen molar-refractivity contribution in [1.82, 2.24) is 0 Å². The molecule has 0 saturated heterocycles. The number of carbonyl (C=O) groups is 1. The predicted molar refractivity (Wildman–Crippen MR) is 71.1 cm³/mol. The zero-order valence-electron chi connectivity index (χ0n) is 11.9. The molecule has 2 N–H and O–H groups in total. The second-order valence-electron chi connectivity index (χ2n) is 5.67. The van der Waals surface area contributed by atoms with Crippen LogP contribution in [0.3, 0.4) is 0 Å². The van der Waals surface area contributed by atoms with E-state index < -0.39 is 5.41 Å². The summed E-state index contributed by atoms with van der Waals surface area (Å²) in [7, 11) is 1.44. The quantitative estimate of drug-likeness (QED) is 0.507. The molecule has 0 aromatic heterocycles. The number of esters is 1. The minimum Gasteiger partial charge on any atom is -0.469 e. The number of methoxy groups -OCH3 is 1. The first-order valence-electron chi connectivity index (χ1n) is 6.93. The number of hydrogen-bond acceptors (Lipinski definition) is 4. The maximum Gasteiger partial charge on any atom is 0.313 e. The maximum absolute atomic E-state index is 12.0. The van der Waals surface area contributed by atoms with Gasteiger partial charge in [-0.25, -0.2) is 0 Å². The van der Waals surface area contributed by atoms with Crippen molar-refractivity contribution < 1.29 is 14.3 Å². The third-order valence-electron chi connectivity index (χ3n) is 3.85. The fourth-order valence-corrected chi connectivity index (χ4v) is 2.34. The normalized spacial score (nSPS) is 18.7. The van der Waals surface area contributed by atoms with Crippen LogP contribution in [-0.4, -0.2) is 32.8 Å². The molecule has 0 aromatic carbocycles. The summed E-state index contributed by atoms with van der Waals surface area (Å²) in [6, 6.07) is 0. The Bertz CT molecular complexity index is 264. The van der Waals surface area contributed by atoms with Crippen LogP contribution in [0.1, 0.15) is 39.5 Å². The van der Waals surface area contributed by atoms with Crippen LogP contribution < -0.4 is 5.73 Å². The van der Waals surface area contributed by atoms with E-state index in [1.807, 2.05) is 0 Å². The molecule has 4 heteroatoms. The molecule has 0 aliphatic heterocycles. The molecule has 1 aliphatic carbocycles.